The van der Waals surface area contributed by atoms with Crippen LogP contribution in [0.5, 0.6) is 5.75 Å². The van der Waals surface area contributed by atoms with Gasteiger partial charge in [0.15, 0.2) is 11.4 Å². The van der Waals surface area contributed by atoms with E-state index < -0.39 is 0 Å². The van der Waals surface area contributed by atoms with Crippen LogP contribution in [0.25, 0.3) is 0 Å². The number of carbonyl (C=O) groups is 1. The molecule has 1 N–H and O–H groups in total. The average molecular weight is 326 g/mol. The van der Waals surface area contributed by atoms with E-state index >= 15 is 0 Å². The van der Waals surface area contributed by atoms with Crippen molar-refractivity contribution in [3.8, 4) is 5.75 Å². The second-order valence-electron chi connectivity index (χ2n) is 6.17. The molecular formula is C18H22N4O2. The minimum absolute atomic E-state index is 0.0828. The van der Waals surface area contributed by atoms with Crippen molar-refractivity contribution in [1.82, 2.24) is 20.2 Å². The summed E-state index contributed by atoms with van der Waals surface area (Å²) in [6, 6.07) is 7.87. The summed E-state index contributed by atoms with van der Waals surface area (Å²) in [5, 5.41) is 3.43. The van der Waals surface area contributed by atoms with Crippen molar-refractivity contribution >= 4 is 5.91 Å². The van der Waals surface area contributed by atoms with E-state index in [1.807, 2.05) is 17.0 Å². The van der Waals surface area contributed by atoms with Gasteiger partial charge in [0.2, 0.25) is 0 Å². The Hall–Kier alpha value is -2.47. The van der Waals surface area contributed by atoms with Gasteiger partial charge in [-0.1, -0.05) is 0 Å². The number of pyridine rings is 2. The monoisotopic (exact) mass is 326 g/mol. The number of nitrogens with one attached hydrogen (secondary N) is 1. The molecule has 0 spiro atoms. The van der Waals surface area contributed by atoms with Gasteiger partial charge < -0.3 is 15.0 Å². The summed E-state index contributed by atoms with van der Waals surface area (Å²) in [6.07, 6.45) is 5.07. The lowest BCUT2D eigenvalue weighted by atomic mass is 10.1. The van der Waals surface area contributed by atoms with Gasteiger partial charge in [-0.25, -0.2) is 4.98 Å². The van der Waals surface area contributed by atoms with Crippen LogP contribution in [0, 0.1) is 0 Å². The molecule has 6 nitrogen and oxygen atoms in total. The molecule has 0 aliphatic carbocycles. The molecule has 2 aromatic heterocycles. The molecule has 3 rings (SSSR count). The molecule has 3 heterocycles. The lowest BCUT2D eigenvalue weighted by Crippen LogP contribution is -2.56. The highest BCUT2D eigenvalue weighted by Gasteiger charge is 2.28. The summed E-state index contributed by atoms with van der Waals surface area (Å²) < 4.78 is 5.84. The van der Waals surface area contributed by atoms with Crippen molar-refractivity contribution in [2.45, 2.75) is 32.5 Å². The molecule has 1 saturated heterocycles. The zero-order chi connectivity index (χ0) is 16.9. The highest BCUT2D eigenvalue weighted by molar-refractivity contribution is 5.95. The van der Waals surface area contributed by atoms with Crippen LogP contribution in [0.4, 0.5) is 0 Å². The van der Waals surface area contributed by atoms with E-state index in [9.17, 15) is 4.79 Å². The first-order chi connectivity index (χ1) is 11.6. The van der Waals surface area contributed by atoms with Gasteiger partial charge in [0.05, 0.1) is 0 Å². The molecule has 0 bridgehead atoms. The first-order valence-corrected chi connectivity index (χ1v) is 8.15. The van der Waals surface area contributed by atoms with Gasteiger partial charge in [-0.3, -0.25) is 9.78 Å². The summed E-state index contributed by atoms with van der Waals surface area (Å²) in [6.45, 7) is 5.88. The molecule has 0 aromatic carbocycles. The topological polar surface area (TPSA) is 67.4 Å². The van der Waals surface area contributed by atoms with E-state index in [1.54, 1.807) is 30.7 Å². The summed E-state index contributed by atoms with van der Waals surface area (Å²) >= 11 is 0. The van der Waals surface area contributed by atoms with Crippen molar-refractivity contribution in [1.29, 1.82) is 0 Å². The van der Waals surface area contributed by atoms with Crippen LogP contribution in [0.15, 0.2) is 42.9 Å². The maximum absolute atomic E-state index is 12.9. The molecule has 0 radical (unpaired) electrons. The van der Waals surface area contributed by atoms with E-state index in [2.05, 4.69) is 29.1 Å². The van der Waals surface area contributed by atoms with Crippen LogP contribution in [0.2, 0.25) is 0 Å². The molecule has 1 fully saturated rings. The normalized spacial score (nSPS) is 20.7. The van der Waals surface area contributed by atoms with E-state index in [-0.39, 0.29) is 18.0 Å². The van der Waals surface area contributed by atoms with E-state index in [0.717, 1.165) is 5.56 Å². The molecule has 6 heteroatoms. The van der Waals surface area contributed by atoms with Crippen LogP contribution >= 0.6 is 0 Å². The SMILES string of the molecule is C[C@H]1CN(C(=O)c2ncccc2OCc2ccncc2)C[C@H](C)N1. The number of carbonyl (C=O) groups excluding carboxylic acids is 1. The molecule has 1 amide bonds. The van der Waals surface area contributed by atoms with Gasteiger partial charge in [0, 0.05) is 43.8 Å². The minimum Gasteiger partial charge on any atom is -0.486 e. The van der Waals surface area contributed by atoms with Crippen LogP contribution in [-0.2, 0) is 6.61 Å². The molecule has 1 aliphatic heterocycles. The number of piperazine rings is 1. The van der Waals surface area contributed by atoms with Crippen molar-refractivity contribution in [2.75, 3.05) is 13.1 Å². The second kappa shape index (κ2) is 7.40. The van der Waals surface area contributed by atoms with Crippen LogP contribution in [0.1, 0.15) is 29.9 Å². The lowest BCUT2D eigenvalue weighted by molar-refractivity contribution is 0.0662. The molecule has 2 atom stereocenters. The summed E-state index contributed by atoms with van der Waals surface area (Å²) in [7, 11) is 0. The standard InChI is InChI=1S/C18H22N4O2/c1-13-10-22(11-14(2)21-13)18(23)17-16(4-3-7-20-17)24-12-15-5-8-19-9-6-15/h3-9,13-14,21H,10-12H2,1-2H3/t13-,14-/m0/s1. The lowest BCUT2D eigenvalue weighted by Gasteiger charge is -2.36. The summed E-state index contributed by atoms with van der Waals surface area (Å²) in [4.78, 5) is 23.0. The molecule has 2 aromatic rings. The largest absolute Gasteiger partial charge is 0.486 e. The number of aromatic nitrogens is 2. The average Bonchev–Trinajstić information content (AvgIpc) is 2.59. The number of nitrogens with zero attached hydrogens (tertiary/aromatic N) is 3. The zero-order valence-electron chi connectivity index (χ0n) is 14.0. The van der Waals surface area contributed by atoms with Gasteiger partial charge in [-0.2, -0.15) is 0 Å². The highest BCUT2D eigenvalue weighted by Crippen LogP contribution is 2.20. The Balaban J connectivity index is 1.74. The fourth-order valence-electron chi connectivity index (χ4n) is 2.95. The third kappa shape index (κ3) is 3.89. The number of amides is 1. The van der Waals surface area contributed by atoms with Gasteiger partial charge in [-0.05, 0) is 43.7 Å². The Kier molecular flexibility index (Phi) is 5.05. The Morgan fingerprint density at radius 3 is 2.62 bits per heavy atom. The van der Waals surface area contributed by atoms with Gasteiger partial charge >= 0.3 is 0 Å². The van der Waals surface area contributed by atoms with Crippen LogP contribution < -0.4 is 10.1 Å². The number of rotatable bonds is 4. The smallest absolute Gasteiger partial charge is 0.276 e. The Morgan fingerprint density at radius 2 is 1.92 bits per heavy atom. The number of hydrogen-bond donors (Lipinski definition) is 1. The maximum atomic E-state index is 12.9. The molecule has 0 unspecified atom stereocenters. The van der Waals surface area contributed by atoms with E-state index in [0.29, 0.717) is 31.1 Å². The number of ether oxygens (including phenoxy) is 1. The fourth-order valence-corrected chi connectivity index (χ4v) is 2.95. The Bertz CT molecular complexity index is 682. The van der Waals surface area contributed by atoms with Crippen LogP contribution in [0.3, 0.4) is 0 Å². The van der Waals surface area contributed by atoms with Gasteiger partial charge in [0.25, 0.3) is 5.91 Å². The molecule has 24 heavy (non-hydrogen) atoms. The predicted molar refractivity (Wildman–Crippen MR) is 90.8 cm³/mol. The molecular weight excluding hydrogens is 304 g/mol. The fraction of sp³-hybridized carbons (Fsp3) is 0.389. The first kappa shape index (κ1) is 16.4. The van der Waals surface area contributed by atoms with Crippen molar-refractivity contribution < 1.29 is 9.53 Å². The maximum Gasteiger partial charge on any atom is 0.276 e. The Morgan fingerprint density at radius 1 is 1.21 bits per heavy atom. The third-order valence-corrected chi connectivity index (χ3v) is 3.96. The van der Waals surface area contributed by atoms with Crippen molar-refractivity contribution in [2.24, 2.45) is 0 Å². The zero-order valence-corrected chi connectivity index (χ0v) is 14.0. The number of hydrogen-bond acceptors (Lipinski definition) is 5. The second-order valence-corrected chi connectivity index (χ2v) is 6.17. The molecule has 0 saturated carbocycles. The van der Waals surface area contributed by atoms with E-state index in [4.69, 9.17) is 4.74 Å². The van der Waals surface area contributed by atoms with Crippen molar-refractivity contribution in [3.05, 3.63) is 54.1 Å². The molecule has 126 valence electrons. The van der Waals surface area contributed by atoms with Gasteiger partial charge in [-0.15, -0.1) is 0 Å². The predicted octanol–water partition coefficient (Wildman–Crippen LogP) is 1.88. The Labute approximate surface area is 141 Å². The highest BCUT2D eigenvalue weighted by atomic mass is 16.5. The quantitative estimate of drug-likeness (QED) is 0.929. The van der Waals surface area contributed by atoms with E-state index in [1.165, 1.54) is 0 Å². The van der Waals surface area contributed by atoms with Crippen molar-refractivity contribution in [3.63, 3.8) is 0 Å². The minimum atomic E-state index is -0.0828. The third-order valence-electron chi connectivity index (χ3n) is 3.96. The first-order valence-electron chi connectivity index (χ1n) is 8.15. The van der Waals surface area contributed by atoms with Gasteiger partial charge in [0.1, 0.15) is 6.61 Å². The molecule has 1 aliphatic rings. The summed E-state index contributed by atoms with van der Waals surface area (Å²) in [5.74, 6) is 0.429. The summed E-state index contributed by atoms with van der Waals surface area (Å²) in [5.41, 5.74) is 1.37. The van der Waals surface area contributed by atoms with Crippen LogP contribution in [-0.4, -0.2) is 45.9 Å².